The summed E-state index contributed by atoms with van der Waals surface area (Å²) >= 11 is 0. The first-order valence-corrected chi connectivity index (χ1v) is 8.05. The number of alkyl halides is 6. The van der Waals surface area contributed by atoms with Crippen molar-refractivity contribution in [3.8, 4) is 11.6 Å². The SMILES string of the molecule is C[C@@H](NC(=O)c1ccc(OCC(F)(F)F)cc1)c1cnc(OCC(F)(F)F)cn1. The Balaban J connectivity index is 1.91. The molecule has 0 radical (unpaired) electrons. The number of carbonyl (C=O) groups excluding carboxylic acids is 1. The number of carbonyl (C=O) groups is 1. The molecule has 29 heavy (non-hydrogen) atoms. The lowest BCUT2D eigenvalue weighted by atomic mass is 10.1. The van der Waals surface area contributed by atoms with Gasteiger partial charge in [0, 0.05) is 5.56 Å². The van der Waals surface area contributed by atoms with Crippen molar-refractivity contribution >= 4 is 5.91 Å². The molecule has 158 valence electrons. The summed E-state index contributed by atoms with van der Waals surface area (Å²) in [5, 5.41) is 2.58. The zero-order valence-electron chi connectivity index (χ0n) is 14.8. The van der Waals surface area contributed by atoms with Crippen LogP contribution in [0.3, 0.4) is 0 Å². The zero-order chi connectivity index (χ0) is 21.7. The van der Waals surface area contributed by atoms with E-state index in [2.05, 4.69) is 24.8 Å². The third-order valence-electron chi connectivity index (χ3n) is 3.34. The molecule has 1 atom stereocenters. The topological polar surface area (TPSA) is 73.3 Å². The van der Waals surface area contributed by atoms with Gasteiger partial charge in [0.25, 0.3) is 5.91 Å². The summed E-state index contributed by atoms with van der Waals surface area (Å²) in [7, 11) is 0. The molecule has 0 spiro atoms. The molecule has 6 nitrogen and oxygen atoms in total. The van der Waals surface area contributed by atoms with E-state index in [9.17, 15) is 31.1 Å². The minimum absolute atomic E-state index is 0.0489. The molecule has 2 aromatic rings. The van der Waals surface area contributed by atoms with Gasteiger partial charge in [-0.1, -0.05) is 0 Å². The van der Waals surface area contributed by atoms with E-state index in [1.165, 1.54) is 24.3 Å². The van der Waals surface area contributed by atoms with Crippen LogP contribution in [0.4, 0.5) is 26.3 Å². The van der Waals surface area contributed by atoms with E-state index >= 15 is 0 Å². The Labute approximate surface area is 160 Å². The van der Waals surface area contributed by atoms with Crippen molar-refractivity contribution < 1.29 is 40.6 Å². The molecule has 0 bridgehead atoms. The van der Waals surface area contributed by atoms with Gasteiger partial charge in [-0.2, -0.15) is 26.3 Å². The van der Waals surface area contributed by atoms with E-state index in [-0.39, 0.29) is 22.9 Å². The van der Waals surface area contributed by atoms with Crippen molar-refractivity contribution in [1.29, 1.82) is 0 Å². The van der Waals surface area contributed by atoms with Crippen molar-refractivity contribution in [2.24, 2.45) is 0 Å². The van der Waals surface area contributed by atoms with Crippen LogP contribution in [0, 0.1) is 0 Å². The second kappa shape index (κ2) is 8.97. The lowest BCUT2D eigenvalue weighted by Gasteiger charge is -2.14. The molecule has 1 aromatic heterocycles. The summed E-state index contributed by atoms with van der Waals surface area (Å²) in [5.41, 5.74) is 0.428. The molecular formula is C17H15F6N3O3. The first-order valence-electron chi connectivity index (χ1n) is 8.05. The van der Waals surface area contributed by atoms with E-state index in [0.29, 0.717) is 0 Å². The molecule has 1 heterocycles. The highest BCUT2D eigenvalue weighted by molar-refractivity contribution is 5.94. The highest BCUT2D eigenvalue weighted by atomic mass is 19.4. The molecular weight excluding hydrogens is 408 g/mol. The average molecular weight is 423 g/mol. The fourth-order valence-corrected chi connectivity index (χ4v) is 2.00. The van der Waals surface area contributed by atoms with Gasteiger partial charge in [0.2, 0.25) is 5.88 Å². The van der Waals surface area contributed by atoms with Crippen LogP contribution in [0.2, 0.25) is 0 Å². The number of hydrogen-bond acceptors (Lipinski definition) is 5. The van der Waals surface area contributed by atoms with Gasteiger partial charge in [-0.15, -0.1) is 0 Å². The van der Waals surface area contributed by atoms with Crippen LogP contribution in [-0.2, 0) is 0 Å². The second-order valence-electron chi connectivity index (χ2n) is 5.81. The van der Waals surface area contributed by atoms with E-state index < -0.39 is 37.5 Å². The van der Waals surface area contributed by atoms with E-state index in [0.717, 1.165) is 12.4 Å². The van der Waals surface area contributed by atoms with Gasteiger partial charge in [-0.3, -0.25) is 9.78 Å². The van der Waals surface area contributed by atoms with Gasteiger partial charge in [-0.05, 0) is 31.2 Å². The van der Waals surface area contributed by atoms with Crippen molar-refractivity contribution in [2.45, 2.75) is 25.3 Å². The Kier molecular flexibility index (Phi) is 6.88. The Morgan fingerprint density at radius 3 is 2.07 bits per heavy atom. The summed E-state index contributed by atoms with van der Waals surface area (Å²) in [6, 6.07) is 4.37. The average Bonchev–Trinajstić information content (AvgIpc) is 2.64. The third-order valence-corrected chi connectivity index (χ3v) is 3.34. The summed E-state index contributed by atoms with van der Waals surface area (Å²) in [5.74, 6) is -0.912. The van der Waals surface area contributed by atoms with Crippen LogP contribution in [0.15, 0.2) is 36.7 Å². The minimum atomic E-state index is -4.51. The van der Waals surface area contributed by atoms with Gasteiger partial charge in [0.05, 0.1) is 24.1 Å². The van der Waals surface area contributed by atoms with E-state index in [4.69, 9.17) is 0 Å². The molecule has 0 aliphatic heterocycles. The molecule has 1 N–H and O–H groups in total. The van der Waals surface area contributed by atoms with Gasteiger partial charge in [0.1, 0.15) is 5.75 Å². The molecule has 2 rings (SSSR count). The fraction of sp³-hybridized carbons (Fsp3) is 0.353. The molecule has 0 saturated heterocycles. The molecule has 0 saturated carbocycles. The Hall–Kier alpha value is -3.05. The molecule has 12 heteroatoms. The monoisotopic (exact) mass is 423 g/mol. The largest absolute Gasteiger partial charge is 0.484 e. The quantitative estimate of drug-likeness (QED) is 0.685. The van der Waals surface area contributed by atoms with Crippen LogP contribution in [-0.4, -0.2) is 41.4 Å². The van der Waals surface area contributed by atoms with Crippen molar-refractivity contribution in [2.75, 3.05) is 13.2 Å². The van der Waals surface area contributed by atoms with E-state index in [1.54, 1.807) is 6.92 Å². The highest BCUT2D eigenvalue weighted by Gasteiger charge is 2.29. The Morgan fingerprint density at radius 1 is 0.966 bits per heavy atom. The molecule has 0 fully saturated rings. The number of halogens is 6. The Morgan fingerprint density at radius 2 is 1.55 bits per heavy atom. The van der Waals surface area contributed by atoms with Gasteiger partial charge >= 0.3 is 12.4 Å². The second-order valence-corrected chi connectivity index (χ2v) is 5.81. The van der Waals surface area contributed by atoms with Gasteiger partial charge < -0.3 is 14.8 Å². The van der Waals surface area contributed by atoms with Crippen LogP contribution in [0.25, 0.3) is 0 Å². The predicted molar refractivity (Wildman–Crippen MR) is 87.5 cm³/mol. The third kappa shape index (κ3) is 7.84. The molecule has 1 aromatic carbocycles. The first-order chi connectivity index (χ1) is 13.4. The Bertz CT molecular complexity index is 807. The number of nitrogens with one attached hydrogen (secondary N) is 1. The summed E-state index contributed by atoms with van der Waals surface area (Å²) in [6.45, 7) is -1.38. The highest BCUT2D eigenvalue weighted by Crippen LogP contribution is 2.20. The zero-order valence-corrected chi connectivity index (χ0v) is 14.8. The molecule has 0 aliphatic rings. The van der Waals surface area contributed by atoms with Crippen LogP contribution < -0.4 is 14.8 Å². The van der Waals surface area contributed by atoms with E-state index in [1.807, 2.05) is 0 Å². The summed E-state index contributed by atoms with van der Waals surface area (Å²) in [6.07, 6.45) is -6.82. The smallest absolute Gasteiger partial charge is 0.422 e. The first kappa shape index (κ1) is 22.2. The van der Waals surface area contributed by atoms with Crippen LogP contribution in [0.1, 0.15) is 29.0 Å². The fourth-order valence-electron chi connectivity index (χ4n) is 2.00. The van der Waals surface area contributed by atoms with Crippen molar-refractivity contribution in [3.63, 3.8) is 0 Å². The van der Waals surface area contributed by atoms with Gasteiger partial charge in [0.15, 0.2) is 13.2 Å². The predicted octanol–water partition coefficient (Wildman–Crippen LogP) is 3.85. The lowest BCUT2D eigenvalue weighted by Crippen LogP contribution is -2.27. The maximum absolute atomic E-state index is 12.2. The summed E-state index contributed by atoms with van der Waals surface area (Å²) < 4.78 is 81.6. The van der Waals surface area contributed by atoms with Crippen molar-refractivity contribution in [3.05, 3.63) is 47.9 Å². The number of hydrogen-bond donors (Lipinski definition) is 1. The summed E-state index contributed by atoms with van der Waals surface area (Å²) in [4.78, 5) is 19.8. The van der Waals surface area contributed by atoms with Crippen molar-refractivity contribution in [1.82, 2.24) is 15.3 Å². The number of benzene rings is 1. The maximum Gasteiger partial charge on any atom is 0.422 e. The number of ether oxygens (including phenoxy) is 2. The van der Waals surface area contributed by atoms with Crippen LogP contribution in [0.5, 0.6) is 11.6 Å². The van der Waals surface area contributed by atoms with Gasteiger partial charge in [-0.25, -0.2) is 4.98 Å². The molecule has 0 unspecified atom stereocenters. The maximum atomic E-state index is 12.2. The molecule has 0 aliphatic carbocycles. The number of aromatic nitrogens is 2. The lowest BCUT2D eigenvalue weighted by molar-refractivity contribution is -0.154. The number of nitrogens with zero attached hydrogens (tertiary/aromatic N) is 2. The molecule has 1 amide bonds. The van der Waals surface area contributed by atoms with Crippen LogP contribution >= 0.6 is 0 Å². The minimum Gasteiger partial charge on any atom is -0.484 e. The standard InChI is InChI=1S/C17H15F6N3O3/c1-10(13-6-25-14(7-24-13)29-9-17(21,22)23)26-15(27)11-2-4-12(5-3-11)28-8-16(18,19)20/h2-7,10H,8-9H2,1H3,(H,26,27)/t10-/m1/s1. The number of rotatable bonds is 7. The number of amides is 1. The normalized spacial score (nSPS) is 12.9.